The van der Waals surface area contributed by atoms with Gasteiger partial charge in [-0.05, 0) is 66.9 Å². The van der Waals surface area contributed by atoms with Crippen molar-refractivity contribution in [1.82, 2.24) is 9.13 Å². The standard InChI is InChI=1S/C38H38N2O7/c1-27-25-39(37(43)40(35(27)41)36(42)29-11-7-5-8-12-29)23-24-46-28(2)26-47-38(30-13-9-6-10-14-30,31-15-19-33(44-3)20-16-31)32-17-21-34(45-4)22-18-32/h5-22,25,28H,23-24,26H2,1-4H3/t28-/m0/s1. The Morgan fingerprint density at radius 1 is 0.745 bits per heavy atom. The molecule has 1 aromatic heterocycles. The van der Waals surface area contributed by atoms with Gasteiger partial charge in [0.15, 0.2) is 0 Å². The van der Waals surface area contributed by atoms with Crippen LogP contribution in [0.1, 0.15) is 39.5 Å². The van der Waals surface area contributed by atoms with Gasteiger partial charge in [-0.25, -0.2) is 4.79 Å². The van der Waals surface area contributed by atoms with Gasteiger partial charge in [-0.2, -0.15) is 4.57 Å². The smallest absolute Gasteiger partial charge is 0.338 e. The normalized spacial score (nSPS) is 12.0. The van der Waals surface area contributed by atoms with Crippen molar-refractivity contribution in [1.29, 1.82) is 0 Å². The highest BCUT2D eigenvalue weighted by molar-refractivity contribution is 5.95. The maximum absolute atomic E-state index is 13.3. The fourth-order valence-electron chi connectivity index (χ4n) is 5.50. The van der Waals surface area contributed by atoms with Crippen molar-refractivity contribution >= 4 is 5.91 Å². The van der Waals surface area contributed by atoms with Gasteiger partial charge in [0.1, 0.15) is 17.1 Å². The number of benzene rings is 4. The molecule has 0 spiro atoms. The Hall–Kier alpha value is -5.25. The first kappa shape index (κ1) is 33.1. The van der Waals surface area contributed by atoms with E-state index in [0.717, 1.165) is 28.2 Å². The van der Waals surface area contributed by atoms with Crippen LogP contribution in [0.25, 0.3) is 0 Å². The predicted molar refractivity (Wildman–Crippen MR) is 180 cm³/mol. The SMILES string of the molecule is COc1ccc(C(OC[C@H](C)OCCn2cc(C)c(=O)n(C(=O)c3ccccc3)c2=O)(c2ccccc2)c2ccc(OC)cc2)cc1. The molecule has 0 aliphatic heterocycles. The fourth-order valence-corrected chi connectivity index (χ4v) is 5.50. The third kappa shape index (κ3) is 7.11. The van der Waals surface area contributed by atoms with Crippen LogP contribution in [0.2, 0.25) is 0 Å². The van der Waals surface area contributed by atoms with E-state index in [1.165, 1.54) is 10.8 Å². The molecule has 0 aliphatic carbocycles. The van der Waals surface area contributed by atoms with Gasteiger partial charge in [0.05, 0.1) is 40.1 Å². The van der Waals surface area contributed by atoms with Crippen molar-refractivity contribution in [3.05, 3.63) is 164 Å². The molecule has 47 heavy (non-hydrogen) atoms. The summed E-state index contributed by atoms with van der Waals surface area (Å²) in [6, 6.07) is 33.8. The molecule has 0 aliphatic rings. The summed E-state index contributed by atoms with van der Waals surface area (Å²) in [5.74, 6) is 0.781. The van der Waals surface area contributed by atoms with Gasteiger partial charge in [0.25, 0.3) is 11.5 Å². The molecule has 4 aromatic carbocycles. The second-order valence-electron chi connectivity index (χ2n) is 11.1. The number of carbonyl (C=O) groups is 1. The fraction of sp³-hybridized carbons (Fsp3) is 0.237. The molecule has 0 saturated heterocycles. The molecular formula is C38H38N2O7. The van der Waals surface area contributed by atoms with Crippen LogP contribution >= 0.6 is 0 Å². The first-order valence-electron chi connectivity index (χ1n) is 15.3. The Labute approximate surface area is 273 Å². The zero-order valence-electron chi connectivity index (χ0n) is 26.9. The molecule has 0 fully saturated rings. The lowest BCUT2D eigenvalue weighted by Crippen LogP contribution is -2.45. The molecule has 0 amide bonds. The number of hydrogen-bond acceptors (Lipinski definition) is 7. The van der Waals surface area contributed by atoms with E-state index in [-0.39, 0.29) is 37.0 Å². The lowest BCUT2D eigenvalue weighted by molar-refractivity contribution is -0.0596. The van der Waals surface area contributed by atoms with Crippen molar-refractivity contribution in [3.8, 4) is 11.5 Å². The maximum Gasteiger partial charge on any atom is 0.338 e. The first-order valence-corrected chi connectivity index (χ1v) is 15.3. The van der Waals surface area contributed by atoms with Gasteiger partial charge in [-0.3, -0.25) is 14.2 Å². The van der Waals surface area contributed by atoms with Crippen LogP contribution in [-0.2, 0) is 21.6 Å². The Morgan fingerprint density at radius 2 is 1.26 bits per heavy atom. The van der Waals surface area contributed by atoms with E-state index in [0.29, 0.717) is 4.57 Å². The second-order valence-corrected chi connectivity index (χ2v) is 11.1. The molecule has 1 atom stereocenters. The van der Waals surface area contributed by atoms with Crippen molar-refractivity contribution in [2.45, 2.75) is 32.1 Å². The van der Waals surface area contributed by atoms with E-state index in [2.05, 4.69) is 0 Å². The van der Waals surface area contributed by atoms with Gasteiger partial charge in [-0.1, -0.05) is 72.8 Å². The summed E-state index contributed by atoms with van der Waals surface area (Å²) < 4.78 is 25.9. The molecule has 9 nitrogen and oxygen atoms in total. The van der Waals surface area contributed by atoms with E-state index in [1.807, 2.05) is 85.8 Å². The highest BCUT2D eigenvalue weighted by Crippen LogP contribution is 2.41. The molecule has 0 unspecified atom stereocenters. The molecule has 0 N–H and O–H groups in total. The highest BCUT2D eigenvalue weighted by Gasteiger charge is 2.38. The van der Waals surface area contributed by atoms with Crippen molar-refractivity contribution in [2.24, 2.45) is 0 Å². The minimum atomic E-state index is -1.00. The van der Waals surface area contributed by atoms with Crippen LogP contribution in [-0.4, -0.2) is 48.6 Å². The number of methoxy groups -OCH3 is 2. The molecule has 1 heterocycles. The summed E-state index contributed by atoms with van der Waals surface area (Å²) in [5, 5.41) is 0. The minimum absolute atomic E-state index is 0.132. The monoisotopic (exact) mass is 634 g/mol. The van der Waals surface area contributed by atoms with Gasteiger partial charge in [0, 0.05) is 17.3 Å². The average molecular weight is 635 g/mol. The maximum atomic E-state index is 13.3. The minimum Gasteiger partial charge on any atom is -0.497 e. The summed E-state index contributed by atoms with van der Waals surface area (Å²) in [4.78, 5) is 39.1. The van der Waals surface area contributed by atoms with Gasteiger partial charge < -0.3 is 18.9 Å². The van der Waals surface area contributed by atoms with Crippen LogP contribution in [0.5, 0.6) is 11.5 Å². The summed E-state index contributed by atoms with van der Waals surface area (Å²) in [6.07, 6.45) is 1.07. The molecule has 0 bridgehead atoms. The Kier molecular flexibility index (Phi) is 10.5. The number of nitrogens with zero attached hydrogens (tertiary/aromatic N) is 2. The van der Waals surface area contributed by atoms with E-state index < -0.39 is 22.8 Å². The molecule has 5 aromatic rings. The molecule has 0 saturated carbocycles. The zero-order valence-corrected chi connectivity index (χ0v) is 26.9. The van der Waals surface area contributed by atoms with Crippen LogP contribution in [0.3, 0.4) is 0 Å². The number of aromatic nitrogens is 2. The summed E-state index contributed by atoms with van der Waals surface area (Å²) in [5.41, 5.74) is 0.886. The number of aryl methyl sites for hydroxylation is 1. The number of ether oxygens (including phenoxy) is 4. The topological polar surface area (TPSA) is 98.0 Å². The third-order valence-electron chi connectivity index (χ3n) is 7.99. The molecule has 5 rings (SSSR count). The zero-order chi connectivity index (χ0) is 33.4. The van der Waals surface area contributed by atoms with Crippen LogP contribution in [0, 0.1) is 6.92 Å². The Morgan fingerprint density at radius 3 is 1.79 bits per heavy atom. The Balaban J connectivity index is 1.39. The van der Waals surface area contributed by atoms with E-state index in [9.17, 15) is 14.4 Å². The summed E-state index contributed by atoms with van der Waals surface area (Å²) in [7, 11) is 3.26. The molecule has 0 radical (unpaired) electrons. The second kappa shape index (κ2) is 14.9. The van der Waals surface area contributed by atoms with Crippen molar-refractivity contribution < 1.29 is 23.7 Å². The quantitative estimate of drug-likeness (QED) is 0.159. The largest absolute Gasteiger partial charge is 0.497 e. The average Bonchev–Trinajstić information content (AvgIpc) is 3.12. The number of rotatable bonds is 13. The van der Waals surface area contributed by atoms with Gasteiger partial charge in [-0.15, -0.1) is 0 Å². The number of carbonyl (C=O) groups excluding carboxylic acids is 1. The van der Waals surface area contributed by atoms with E-state index in [4.69, 9.17) is 18.9 Å². The van der Waals surface area contributed by atoms with Crippen LogP contribution in [0.15, 0.2) is 125 Å². The van der Waals surface area contributed by atoms with Gasteiger partial charge in [0.2, 0.25) is 0 Å². The molecular weight excluding hydrogens is 596 g/mol. The van der Waals surface area contributed by atoms with Crippen LogP contribution < -0.4 is 20.7 Å². The van der Waals surface area contributed by atoms with Crippen LogP contribution in [0.4, 0.5) is 0 Å². The van der Waals surface area contributed by atoms with E-state index in [1.54, 1.807) is 51.5 Å². The Bertz CT molecular complexity index is 1850. The first-order chi connectivity index (χ1) is 22.8. The highest BCUT2D eigenvalue weighted by atomic mass is 16.5. The summed E-state index contributed by atoms with van der Waals surface area (Å²) in [6.45, 7) is 3.95. The third-order valence-corrected chi connectivity index (χ3v) is 7.99. The van der Waals surface area contributed by atoms with Gasteiger partial charge >= 0.3 is 5.69 Å². The van der Waals surface area contributed by atoms with Crippen molar-refractivity contribution in [3.63, 3.8) is 0 Å². The van der Waals surface area contributed by atoms with Crippen molar-refractivity contribution in [2.75, 3.05) is 27.4 Å². The predicted octanol–water partition coefficient (Wildman–Crippen LogP) is 5.44. The molecule has 9 heteroatoms. The molecule has 242 valence electrons. The summed E-state index contributed by atoms with van der Waals surface area (Å²) >= 11 is 0. The lowest BCUT2D eigenvalue weighted by Gasteiger charge is -2.37. The number of hydrogen-bond donors (Lipinski definition) is 0. The van der Waals surface area contributed by atoms with E-state index >= 15 is 0 Å². The lowest BCUT2D eigenvalue weighted by atomic mass is 9.80.